The van der Waals surface area contributed by atoms with E-state index in [0.717, 1.165) is 12.8 Å². The summed E-state index contributed by atoms with van der Waals surface area (Å²) in [6, 6.07) is 0. The monoisotopic (exact) mass is 186 g/mol. The average molecular weight is 186 g/mol. The number of carbonyl (C=O) groups is 1. The maximum atomic E-state index is 11.1. The van der Waals surface area contributed by atoms with Gasteiger partial charge in [0.25, 0.3) is 0 Å². The lowest BCUT2D eigenvalue weighted by molar-refractivity contribution is -0.111. The Morgan fingerprint density at radius 2 is 2.33 bits per heavy atom. The molecule has 1 atom stereocenters. The molecule has 0 radical (unpaired) electrons. The van der Waals surface area contributed by atoms with Crippen molar-refractivity contribution in [2.75, 3.05) is 0 Å². The summed E-state index contributed by atoms with van der Waals surface area (Å²) in [5.41, 5.74) is 0. The van der Waals surface area contributed by atoms with Gasteiger partial charge in [-0.1, -0.05) is 37.9 Å². The van der Waals surface area contributed by atoms with Gasteiger partial charge in [-0.15, -0.1) is 0 Å². The lowest BCUT2D eigenvalue weighted by atomic mass is 10.1. The predicted molar refractivity (Wildman–Crippen MR) is 54.4 cm³/mol. The minimum absolute atomic E-state index is 0.419. The number of unbranched alkanes of at least 4 members (excludes halogenated alkanes) is 2. The van der Waals surface area contributed by atoms with Crippen LogP contribution in [-0.2, 0) is 4.79 Å². The lowest BCUT2D eigenvalue weighted by Crippen LogP contribution is -2.12. The van der Waals surface area contributed by atoms with Gasteiger partial charge < -0.3 is 0 Å². The molecule has 12 heavy (non-hydrogen) atoms. The van der Waals surface area contributed by atoms with Crippen LogP contribution in [0.5, 0.6) is 0 Å². The Hall–Kier alpha value is 0.0200. The Morgan fingerprint density at radius 3 is 3.00 bits per heavy atom. The highest BCUT2D eigenvalue weighted by Crippen LogP contribution is 2.29. The first-order valence-corrected chi connectivity index (χ1v) is 5.90. The number of hydrogen-bond donors (Lipinski definition) is 0. The molecule has 2 heteroatoms. The minimum atomic E-state index is 0.419. The van der Waals surface area contributed by atoms with Crippen molar-refractivity contribution in [3.05, 3.63) is 0 Å². The van der Waals surface area contributed by atoms with Crippen molar-refractivity contribution in [2.45, 2.75) is 57.1 Å². The second kappa shape index (κ2) is 5.63. The number of hydrogen-bond acceptors (Lipinski definition) is 2. The normalized spacial score (nSPS) is 24.4. The molecule has 0 aromatic carbocycles. The number of rotatable bonds is 4. The van der Waals surface area contributed by atoms with E-state index in [9.17, 15) is 4.79 Å². The van der Waals surface area contributed by atoms with E-state index < -0.39 is 0 Å². The molecule has 1 saturated heterocycles. The van der Waals surface area contributed by atoms with Gasteiger partial charge in [0.15, 0.2) is 5.12 Å². The average Bonchev–Trinajstić information content (AvgIpc) is 2.05. The van der Waals surface area contributed by atoms with E-state index in [1.165, 1.54) is 32.1 Å². The van der Waals surface area contributed by atoms with Crippen LogP contribution >= 0.6 is 11.8 Å². The van der Waals surface area contributed by atoms with E-state index in [4.69, 9.17) is 0 Å². The van der Waals surface area contributed by atoms with Crippen LogP contribution in [0.1, 0.15) is 51.9 Å². The van der Waals surface area contributed by atoms with Gasteiger partial charge in [0.2, 0.25) is 0 Å². The van der Waals surface area contributed by atoms with Gasteiger partial charge in [-0.2, -0.15) is 0 Å². The van der Waals surface area contributed by atoms with Crippen molar-refractivity contribution >= 4 is 16.9 Å². The number of thioether (sulfide) groups is 1. The van der Waals surface area contributed by atoms with Crippen molar-refractivity contribution < 1.29 is 4.79 Å². The van der Waals surface area contributed by atoms with Gasteiger partial charge >= 0.3 is 0 Å². The Labute approximate surface area is 79.3 Å². The Kier molecular flexibility index (Phi) is 4.74. The molecule has 0 spiro atoms. The molecule has 1 fully saturated rings. The fraction of sp³-hybridized carbons (Fsp3) is 0.900. The molecule has 0 bridgehead atoms. The van der Waals surface area contributed by atoms with Crippen LogP contribution in [0.15, 0.2) is 0 Å². The molecule has 1 aliphatic heterocycles. The molecular weight excluding hydrogens is 168 g/mol. The molecule has 0 aliphatic carbocycles. The topological polar surface area (TPSA) is 17.1 Å². The molecule has 0 aromatic heterocycles. The van der Waals surface area contributed by atoms with Crippen molar-refractivity contribution in [1.29, 1.82) is 0 Å². The summed E-state index contributed by atoms with van der Waals surface area (Å²) in [4.78, 5) is 11.1. The van der Waals surface area contributed by atoms with Crippen molar-refractivity contribution in [1.82, 2.24) is 0 Å². The van der Waals surface area contributed by atoms with Crippen LogP contribution < -0.4 is 0 Å². The molecule has 70 valence electrons. The molecule has 1 nitrogen and oxygen atoms in total. The summed E-state index contributed by atoms with van der Waals surface area (Å²) in [7, 11) is 0. The van der Waals surface area contributed by atoms with E-state index in [1.807, 2.05) is 0 Å². The summed E-state index contributed by atoms with van der Waals surface area (Å²) >= 11 is 1.60. The highest BCUT2D eigenvalue weighted by molar-refractivity contribution is 8.14. The standard InChI is InChI=1S/C10H18OS/c1-2-3-4-6-9-7-5-8-10(11)12-9/h9H,2-8H2,1H3/t9-/m1/s1. The Bertz CT molecular complexity index is 145. The molecule has 0 aromatic rings. The van der Waals surface area contributed by atoms with Gasteiger partial charge in [-0.3, -0.25) is 4.79 Å². The smallest absolute Gasteiger partial charge is 0.189 e. The fourth-order valence-electron chi connectivity index (χ4n) is 1.60. The largest absolute Gasteiger partial charge is 0.287 e. The third-order valence-corrected chi connectivity index (χ3v) is 3.61. The quantitative estimate of drug-likeness (QED) is 0.626. The first-order chi connectivity index (χ1) is 5.83. The molecule has 0 N–H and O–H groups in total. The first-order valence-electron chi connectivity index (χ1n) is 5.02. The second-order valence-electron chi connectivity index (χ2n) is 3.50. The Morgan fingerprint density at radius 1 is 1.50 bits per heavy atom. The van der Waals surface area contributed by atoms with Crippen LogP contribution in [0.25, 0.3) is 0 Å². The summed E-state index contributed by atoms with van der Waals surface area (Å²) in [5.74, 6) is 0. The van der Waals surface area contributed by atoms with Crippen molar-refractivity contribution in [2.24, 2.45) is 0 Å². The zero-order chi connectivity index (χ0) is 8.81. The van der Waals surface area contributed by atoms with E-state index in [0.29, 0.717) is 10.4 Å². The van der Waals surface area contributed by atoms with E-state index in [2.05, 4.69) is 6.92 Å². The molecule has 1 heterocycles. The minimum Gasteiger partial charge on any atom is -0.287 e. The first kappa shape index (κ1) is 10.1. The third-order valence-electron chi connectivity index (χ3n) is 2.33. The van der Waals surface area contributed by atoms with Gasteiger partial charge in [0.05, 0.1) is 0 Å². The van der Waals surface area contributed by atoms with Crippen LogP contribution in [0.4, 0.5) is 0 Å². The maximum Gasteiger partial charge on any atom is 0.189 e. The van der Waals surface area contributed by atoms with Gasteiger partial charge in [0, 0.05) is 11.7 Å². The SMILES string of the molecule is CCCCC[C@@H]1CCCC(=O)S1. The summed E-state index contributed by atoms with van der Waals surface area (Å²) in [5, 5.41) is 1.07. The second-order valence-corrected chi connectivity index (χ2v) is 4.86. The molecule has 1 aliphatic rings. The van der Waals surface area contributed by atoms with Gasteiger partial charge in [0.1, 0.15) is 0 Å². The highest BCUT2D eigenvalue weighted by Gasteiger charge is 2.19. The third kappa shape index (κ3) is 3.61. The van der Waals surface area contributed by atoms with E-state index in [-0.39, 0.29) is 0 Å². The van der Waals surface area contributed by atoms with E-state index in [1.54, 1.807) is 11.8 Å². The van der Waals surface area contributed by atoms with Crippen LogP contribution in [0, 0.1) is 0 Å². The summed E-state index contributed by atoms with van der Waals surface area (Å²) in [6.07, 6.45) is 8.37. The molecule has 0 amide bonds. The molecule has 0 unspecified atom stereocenters. The molecule has 1 rings (SSSR count). The number of carbonyl (C=O) groups excluding carboxylic acids is 1. The fourth-order valence-corrected chi connectivity index (χ4v) is 2.81. The molecule has 0 saturated carbocycles. The van der Waals surface area contributed by atoms with Crippen molar-refractivity contribution in [3.63, 3.8) is 0 Å². The highest BCUT2D eigenvalue weighted by atomic mass is 32.2. The Balaban J connectivity index is 2.10. The van der Waals surface area contributed by atoms with Gasteiger partial charge in [-0.05, 0) is 19.3 Å². The summed E-state index contributed by atoms with van der Waals surface area (Å²) < 4.78 is 0. The van der Waals surface area contributed by atoms with Crippen LogP contribution in [0.2, 0.25) is 0 Å². The van der Waals surface area contributed by atoms with Crippen molar-refractivity contribution in [3.8, 4) is 0 Å². The summed E-state index contributed by atoms with van der Waals surface area (Å²) in [6.45, 7) is 2.22. The molecular formula is C10H18OS. The van der Waals surface area contributed by atoms with Crippen LogP contribution in [-0.4, -0.2) is 10.4 Å². The van der Waals surface area contributed by atoms with Crippen LogP contribution in [0.3, 0.4) is 0 Å². The zero-order valence-corrected chi connectivity index (χ0v) is 8.66. The predicted octanol–water partition coefficient (Wildman–Crippen LogP) is 3.38. The van der Waals surface area contributed by atoms with E-state index >= 15 is 0 Å². The lowest BCUT2D eigenvalue weighted by Gasteiger charge is -2.19. The maximum absolute atomic E-state index is 11.1. The zero-order valence-electron chi connectivity index (χ0n) is 7.84. The van der Waals surface area contributed by atoms with Gasteiger partial charge in [-0.25, -0.2) is 0 Å².